The molecule has 0 fully saturated rings. The number of methoxy groups -OCH3 is 1. The number of nitrogens with one attached hydrogen (secondary N) is 1. The fraction of sp³-hybridized carbons (Fsp3) is 0.750. The molecule has 1 rings (SSSR count). The van der Waals surface area contributed by atoms with Gasteiger partial charge in [-0.1, -0.05) is 26.0 Å². The van der Waals surface area contributed by atoms with Crippen molar-refractivity contribution in [3.8, 4) is 0 Å². The van der Waals surface area contributed by atoms with Crippen molar-refractivity contribution in [1.82, 2.24) is 5.32 Å². The summed E-state index contributed by atoms with van der Waals surface area (Å²) in [6.45, 7) is 4.06. The summed E-state index contributed by atoms with van der Waals surface area (Å²) in [7, 11) is 1.44. The van der Waals surface area contributed by atoms with Crippen molar-refractivity contribution in [2.75, 3.05) is 7.11 Å². The summed E-state index contributed by atoms with van der Waals surface area (Å²) in [4.78, 5) is 11.5. The maximum atomic E-state index is 11.5. The van der Waals surface area contributed by atoms with Gasteiger partial charge in [-0.2, -0.15) is 0 Å². The first-order chi connectivity index (χ1) is 7.15. The van der Waals surface area contributed by atoms with Gasteiger partial charge < -0.3 is 4.74 Å². The zero-order valence-electron chi connectivity index (χ0n) is 9.82. The van der Waals surface area contributed by atoms with Gasteiger partial charge in [0, 0.05) is 6.04 Å². The molecule has 0 aliphatic heterocycles. The average Bonchev–Trinajstić information content (AvgIpc) is 2.26. The molecule has 0 aromatic carbocycles. The molecule has 86 valence electrons. The predicted octanol–water partition coefficient (Wildman–Crippen LogP) is 1.88. The third-order valence-electron chi connectivity index (χ3n) is 2.77. The number of rotatable bonds is 4. The Hall–Kier alpha value is -0.830. The molecule has 3 nitrogen and oxygen atoms in total. The second kappa shape index (κ2) is 5.91. The first-order valence-corrected chi connectivity index (χ1v) is 5.65. The Labute approximate surface area is 91.9 Å². The van der Waals surface area contributed by atoms with Crippen LogP contribution in [0.4, 0.5) is 0 Å². The van der Waals surface area contributed by atoms with Crippen LogP contribution >= 0.6 is 0 Å². The number of hydrogen-bond acceptors (Lipinski definition) is 3. The Morgan fingerprint density at radius 1 is 1.53 bits per heavy atom. The largest absolute Gasteiger partial charge is 0.468 e. The van der Waals surface area contributed by atoms with Crippen molar-refractivity contribution >= 4 is 5.97 Å². The first kappa shape index (κ1) is 12.2. The van der Waals surface area contributed by atoms with E-state index in [-0.39, 0.29) is 17.9 Å². The molecule has 1 aliphatic rings. The molecule has 0 aromatic heterocycles. The van der Waals surface area contributed by atoms with E-state index in [2.05, 4.69) is 17.5 Å². The van der Waals surface area contributed by atoms with Gasteiger partial charge in [0.2, 0.25) is 0 Å². The molecule has 0 spiro atoms. The van der Waals surface area contributed by atoms with Crippen LogP contribution in [-0.2, 0) is 9.53 Å². The minimum absolute atomic E-state index is 0.163. The van der Waals surface area contributed by atoms with Gasteiger partial charge in [0.1, 0.15) is 6.04 Å². The quantitative estimate of drug-likeness (QED) is 0.570. The third-order valence-corrected chi connectivity index (χ3v) is 2.77. The molecule has 0 aromatic rings. The lowest BCUT2D eigenvalue weighted by Gasteiger charge is -2.26. The van der Waals surface area contributed by atoms with Crippen molar-refractivity contribution < 1.29 is 9.53 Å². The lowest BCUT2D eigenvalue weighted by molar-refractivity contribution is -0.144. The monoisotopic (exact) mass is 211 g/mol. The molecule has 0 heterocycles. The van der Waals surface area contributed by atoms with E-state index in [0.29, 0.717) is 6.04 Å². The van der Waals surface area contributed by atoms with Gasteiger partial charge in [0.05, 0.1) is 7.11 Å². The molecular weight excluding hydrogens is 190 g/mol. The molecule has 2 atom stereocenters. The number of carbonyl (C=O) groups is 1. The lowest BCUT2D eigenvalue weighted by atomic mass is 9.98. The predicted molar refractivity (Wildman–Crippen MR) is 60.6 cm³/mol. The molecule has 3 heteroatoms. The van der Waals surface area contributed by atoms with E-state index < -0.39 is 0 Å². The van der Waals surface area contributed by atoms with E-state index in [1.165, 1.54) is 13.5 Å². The SMILES string of the molecule is COC(=O)C(NC1C=CCCC1)C(C)C. The van der Waals surface area contributed by atoms with Gasteiger partial charge in [-0.15, -0.1) is 0 Å². The minimum Gasteiger partial charge on any atom is -0.468 e. The van der Waals surface area contributed by atoms with Gasteiger partial charge in [-0.05, 0) is 25.2 Å². The standard InChI is InChI=1S/C12H21NO2/c1-9(2)11(12(14)15-3)13-10-7-5-4-6-8-10/h5,7,9-11,13H,4,6,8H2,1-3H3. The second-order valence-corrected chi connectivity index (χ2v) is 4.38. The van der Waals surface area contributed by atoms with Crippen LogP contribution in [0.15, 0.2) is 12.2 Å². The van der Waals surface area contributed by atoms with Crippen LogP contribution in [0.25, 0.3) is 0 Å². The number of ether oxygens (including phenoxy) is 1. The molecule has 1 N–H and O–H groups in total. The van der Waals surface area contributed by atoms with Crippen LogP contribution in [0.5, 0.6) is 0 Å². The molecule has 0 amide bonds. The smallest absolute Gasteiger partial charge is 0.323 e. The fourth-order valence-electron chi connectivity index (χ4n) is 1.84. The summed E-state index contributed by atoms with van der Waals surface area (Å²) in [6, 6.07) is 0.132. The highest BCUT2D eigenvalue weighted by Crippen LogP contribution is 2.13. The maximum absolute atomic E-state index is 11.5. The molecule has 0 radical (unpaired) electrons. The van der Waals surface area contributed by atoms with Crippen LogP contribution in [0.3, 0.4) is 0 Å². The number of allylic oxidation sites excluding steroid dienone is 1. The lowest BCUT2D eigenvalue weighted by Crippen LogP contribution is -2.46. The summed E-state index contributed by atoms with van der Waals surface area (Å²) >= 11 is 0. The van der Waals surface area contributed by atoms with Gasteiger partial charge in [-0.3, -0.25) is 10.1 Å². The van der Waals surface area contributed by atoms with Crippen LogP contribution in [0.1, 0.15) is 33.1 Å². The highest BCUT2D eigenvalue weighted by molar-refractivity contribution is 5.76. The third kappa shape index (κ3) is 3.67. The number of carbonyl (C=O) groups excluding carboxylic acids is 1. The van der Waals surface area contributed by atoms with Crippen LogP contribution in [0.2, 0.25) is 0 Å². The second-order valence-electron chi connectivity index (χ2n) is 4.38. The van der Waals surface area contributed by atoms with Gasteiger partial charge in [-0.25, -0.2) is 0 Å². The minimum atomic E-state index is -0.192. The topological polar surface area (TPSA) is 38.3 Å². The van der Waals surface area contributed by atoms with E-state index in [1.807, 2.05) is 13.8 Å². The fourth-order valence-corrected chi connectivity index (χ4v) is 1.84. The zero-order valence-corrected chi connectivity index (χ0v) is 9.82. The summed E-state index contributed by atoms with van der Waals surface area (Å²) < 4.78 is 4.79. The Bertz CT molecular complexity index is 236. The Morgan fingerprint density at radius 2 is 2.27 bits per heavy atom. The zero-order chi connectivity index (χ0) is 11.3. The van der Waals surface area contributed by atoms with Gasteiger partial charge >= 0.3 is 5.97 Å². The van der Waals surface area contributed by atoms with Crippen molar-refractivity contribution in [3.05, 3.63) is 12.2 Å². The Kier molecular flexibility index (Phi) is 4.82. The van der Waals surface area contributed by atoms with Gasteiger partial charge in [0.25, 0.3) is 0 Å². The average molecular weight is 211 g/mol. The molecule has 1 aliphatic carbocycles. The van der Waals surface area contributed by atoms with Crippen molar-refractivity contribution in [2.24, 2.45) is 5.92 Å². The normalized spacial score (nSPS) is 22.8. The van der Waals surface area contributed by atoms with E-state index in [9.17, 15) is 4.79 Å². The van der Waals surface area contributed by atoms with E-state index >= 15 is 0 Å². The summed E-state index contributed by atoms with van der Waals surface area (Å²) in [5.74, 6) is 0.0942. The van der Waals surface area contributed by atoms with E-state index in [4.69, 9.17) is 4.74 Å². The summed E-state index contributed by atoms with van der Waals surface area (Å²) in [6.07, 6.45) is 7.79. The highest BCUT2D eigenvalue weighted by atomic mass is 16.5. The van der Waals surface area contributed by atoms with E-state index in [0.717, 1.165) is 12.8 Å². The highest BCUT2D eigenvalue weighted by Gasteiger charge is 2.25. The molecule has 15 heavy (non-hydrogen) atoms. The Balaban J connectivity index is 2.53. The van der Waals surface area contributed by atoms with Gasteiger partial charge in [0.15, 0.2) is 0 Å². The summed E-state index contributed by atoms with van der Waals surface area (Å²) in [5, 5.41) is 3.34. The molecule has 0 saturated heterocycles. The molecular formula is C12H21NO2. The van der Waals surface area contributed by atoms with Crippen LogP contribution in [0, 0.1) is 5.92 Å². The van der Waals surface area contributed by atoms with Crippen molar-refractivity contribution in [2.45, 2.75) is 45.2 Å². The number of esters is 1. The van der Waals surface area contributed by atoms with Crippen LogP contribution < -0.4 is 5.32 Å². The molecule has 0 bridgehead atoms. The molecule has 2 unspecified atom stereocenters. The van der Waals surface area contributed by atoms with Crippen molar-refractivity contribution in [1.29, 1.82) is 0 Å². The van der Waals surface area contributed by atoms with E-state index in [1.54, 1.807) is 0 Å². The first-order valence-electron chi connectivity index (χ1n) is 5.65. The van der Waals surface area contributed by atoms with Crippen molar-refractivity contribution in [3.63, 3.8) is 0 Å². The number of hydrogen-bond donors (Lipinski definition) is 1. The maximum Gasteiger partial charge on any atom is 0.323 e. The van der Waals surface area contributed by atoms with Crippen LogP contribution in [-0.4, -0.2) is 25.2 Å². The molecule has 0 saturated carbocycles. The summed E-state index contributed by atoms with van der Waals surface area (Å²) in [5.41, 5.74) is 0. The Morgan fingerprint density at radius 3 is 2.73 bits per heavy atom.